The molecule has 0 saturated carbocycles. The van der Waals surface area contributed by atoms with Crippen molar-refractivity contribution in [2.24, 2.45) is 5.92 Å². The summed E-state index contributed by atoms with van der Waals surface area (Å²) in [6.07, 6.45) is 1.12. The number of rotatable bonds is 6. The first-order valence-corrected chi connectivity index (χ1v) is 7.69. The molecule has 0 aromatic heterocycles. The van der Waals surface area contributed by atoms with Gasteiger partial charge < -0.3 is 14.8 Å². The average molecular weight is 285 g/mol. The van der Waals surface area contributed by atoms with Gasteiger partial charge in [-0.25, -0.2) is 0 Å². The van der Waals surface area contributed by atoms with Crippen LogP contribution in [0.3, 0.4) is 0 Å². The molecule has 2 aromatic rings. The molecule has 1 saturated heterocycles. The molecule has 2 aromatic carbocycles. The molecule has 1 aliphatic heterocycles. The molecule has 0 spiro atoms. The third kappa shape index (κ3) is 3.43. The van der Waals surface area contributed by atoms with E-state index in [0.717, 1.165) is 26.2 Å². The van der Waals surface area contributed by atoms with Crippen LogP contribution in [0.15, 0.2) is 42.5 Å². The Labute approximate surface area is 126 Å². The van der Waals surface area contributed by atoms with Gasteiger partial charge in [0.2, 0.25) is 0 Å². The van der Waals surface area contributed by atoms with Crippen molar-refractivity contribution in [3.8, 4) is 0 Å². The van der Waals surface area contributed by atoms with Gasteiger partial charge in [0.1, 0.15) is 0 Å². The zero-order valence-corrected chi connectivity index (χ0v) is 12.5. The van der Waals surface area contributed by atoms with E-state index >= 15 is 0 Å². The van der Waals surface area contributed by atoms with E-state index in [1.165, 1.54) is 16.3 Å². The predicted molar refractivity (Wildman–Crippen MR) is 85.5 cm³/mol. The molecular weight excluding hydrogens is 262 g/mol. The minimum absolute atomic E-state index is 0.221. The van der Waals surface area contributed by atoms with E-state index in [1.54, 1.807) is 0 Å². The maximum absolute atomic E-state index is 5.93. The van der Waals surface area contributed by atoms with Crippen molar-refractivity contribution in [1.82, 2.24) is 5.32 Å². The molecule has 3 rings (SSSR count). The third-order valence-corrected chi connectivity index (χ3v) is 4.21. The van der Waals surface area contributed by atoms with Gasteiger partial charge in [0.05, 0.1) is 25.9 Å². The number of likely N-dealkylation sites (N-methyl/N-ethyl adjacent to an activating group) is 1. The highest BCUT2D eigenvalue weighted by atomic mass is 16.5. The quantitative estimate of drug-likeness (QED) is 0.884. The smallest absolute Gasteiger partial charge is 0.0661 e. The van der Waals surface area contributed by atoms with Crippen LogP contribution >= 0.6 is 0 Å². The first kappa shape index (κ1) is 14.5. The van der Waals surface area contributed by atoms with Gasteiger partial charge in [-0.1, -0.05) is 42.5 Å². The van der Waals surface area contributed by atoms with Crippen LogP contribution in [0.5, 0.6) is 0 Å². The summed E-state index contributed by atoms with van der Waals surface area (Å²) in [5.41, 5.74) is 1.30. The topological polar surface area (TPSA) is 30.5 Å². The Morgan fingerprint density at radius 2 is 2.10 bits per heavy atom. The summed E-state index contributed by atoms with van der Waals surface area (Å²) in [5.74, 6) is 0.565. The second kappa shape index (κ2) is 7.03. The SMILES string of the molecule is CNC(COCC1CCOC1)c1cccc2ccccc12. The molecule has 1 aliphatic rings. The normalized spacial score (nSPS) is 20.0. The van der Waals surface area contributed by atoms with Crippen molar-refractivity contribution >= 4 is 10.8 Å². The van der Waals surface area contributed by atoms with Crippen LogP contribution in [-0.4, -0.2) is 33.5 Å². The lowest BCUT2D eigenvalue weighted by Crippen LogP contribution is -2.23. The molecule has 0 bridgehead atoms. The fraction of sp³-hybridized carbons (Fsp3) is 0.444. The van der Waals surface area contributed by atoms with Crippen molar-refractivity contribution in [1.29, 1.82) is 0 Å². The van der Waals surface area contributed by atoms with Crippen LogP contribution in [0.1, 0.15) is 18.0 Å². The van der Waals surface area contributed by atoms with E-state index in [9.17, 15) is 0 Å². The first-order valence-electron chi connectivity index (χ1n) is 7.69. The number of benzene rings is 2. The highest BCUT2D eigenvalue weighted by molar-refractivity contribution is 5.86. The fourth-order valence-corrected chi connectivity index (χ4v) is 2.95. The van der Waals surface area contributed by atoms with E-state index in [1.807, 2.05) is 7.05 Å². The van der Waals surface area contributed by atoms with Gasteiger partial charge in [-0.15, -0.1) is 0 Å². The molecule has 1 heterocycles. The third-order valence-electron chi connectivity index (χ3n) is 4.21. The number of fused-ring (bicyclic) bond motifs is 1. The minimum Gasteiger partial charge on any atom is -0.381 e. The Bertz CT molecular complexity index is 573. The largest absolute Gasteiger partial charge is 0.381 e. The van der Waals surface area contributed by atoms with Crippen molar-refractivity contribution in [2.45, 2.75) is 12.5 Å². The predicted octanol–water partition coefficient (Wildman–Crippen LogP) is 3.15. The summed E-state index contributed by atoms with van der Waals surface area (Å²) in [5, 5.41) is 5.96. The average Bonchev–Trinajstić information content (AvgIpc) is 3.05. The van der Waals surface area contributed by atoms with E-state index in [0.29, 0.717) is 12.5 Å². The highest BCUT2D eigenvalue weighted by Gasteiger charge is 2.17. The molecule has 0 amide bonds. The minimum atomic E-state index is 0.221. The number of hydrogen-bond donors (Lipinski definition) is 1. The highest BCUT2D eigenvalue weighted by Crippen LogP contribution is 2.24. The van der Waals surface area contributed by atoms with Crippen LogP contribution in [-0.2, 0) is 9.47 Å². The van der Waals surface area contributed by atoms with E-state index in [4.69, 9.17) is 9.47 Å². The summed E-state index contributed by atoms with van der Waals surface area (Å²) in [6, 6.07) is 15.2. The molecular formula is C18H23NO2. The number of hydrogen-bond acceptors (Lipinski definition) is 3. The van der Waals surface area contributed by atoms with Gasteiger partial charge in [0.25, 0.3) is 0 Å². The molecule has 0 aliphatic carbocycles. The van der Waals surface area contributed by atoms with Crippen LogP contribution in [0.25, 0.3) is 10.8 Å². The van der Waals surface area contributed by atoms with Crippen LogP contribution < -0.4 is 5.32 Å². The van der Waals surface area contributed by atoms with Gasteiger partial charge in [0, 0.05) is 12.5 Å². The summed E-state index contributed by atoms with van der Waals surface area (Å²) in [6.45, 7) is 3.22. The van der Waals surface area contributed by atoms with Crippen molar-refractivity contribution in [3.05, 3.63) is 48.0 Å². The fourth-order valence-electron chi connectivity index (χ4n) is 2.95. The van der Waals surface area contributed by atoms with Gasteiger partial charge in [-0.2, -0.15) is 0 Å². The maximum Gasteiger partial charge on any atom is 0.0661 e. The van der Waals surface area contributed by atoms with Gasteiger partial charge in [0.15, 0.2) is 0 Å². The zero-order chi connectivity index (χ0) is 14.5. The molecule has 2 unspecified atom stereocenters. The van der Waals surface area contributed by atoms with Crippen LogP contribution in [0, 0.1) is 5.92 Å². The van der Waals surface area contributed by atoms with Crippen molar-refractivity contribution in [2.75, 3.05) is 33.5 Å². The molecule has 2 atom stereocenters. The van der Waals surface area contributed by atoms with Gasteiger partial charge >= 0.3 is 0 Å². The summed E-state index contributed by atoms with van der Waals surface area (Å²) < 4.78 is 11.3. The molecule has 112 valence electrons. The van der Waals surface area contributed by atoms with E-state index in [-0.39, 0.29) is 6.04 Å². The first-order chi connectivity index (χ1) is 10.4. The Hall–Kier alpha value is -1.42. The summed E-state index contributed by atoms with van der Waals surface area (Å²) in [4.78, 5) is 0. The van der Waals surface area contributed by atoms with Gasteiger partial charge in [-0.05, 0) is 29.8 Å². The van der Waals surface area contributed by atoms with Crippen molar-refractivity contribution < 1.29 is 9.47 Å². The Balaban J connectivity index is 1.69. The molecule has 0 radical (unpaired) electrons. The Kier molecular flexibility index (Phi) is 4.86. The second-order valence-corrected chi connectivity index (χ2v) is 5.68. The second-order valence-electron chi connectivity index (χ2n) is 5.68. The van der Waals surface area contributed by atoms with E-state index < -0.39 is 0 Å². The lowest BCUT2D eigenvalue weighted by Gasteiger charge is -2.20. The van der Waals surface area contributed by atoms with Crippen LogP contribution in [0.4, 0.5) is 0 Å². The lowest BCUT2D eigenvalue weighted by atomic mass is 9.99. The molecule has 1 N–H and O–H groups in total. The number of ether oxygens (including phenoxy) is 2. The van der Waals surface area contributed by atoms with Crippen LogP contribution in [0.2, 0.25) is 0 Å². The van der Waals surface area contributed by atoms with Gasteiger partial charge in [-0.3, -0.25) is 0 Å². The molecule has 3 heteroatoms. The summed E-state index contributed by atoms with van der Waals surface area (Å²) in [7, 11) is 1.99. The monoisotopic (exact) mass is 285 g/mol. The molecule has 3 nitrogen and oxygen atoms in total. The lowest BCUT2D eigenvalue weighted by molar-refractivity contribution is 0.0760. The molecule has 1 fully saturated rings. The standard InChI is InChI=1S/C18H23NO2/c1-19-18(13-21-12-14-9-10-20-11-14)17-8-4-6-15-5-2-3-7-16(15)17/h2-8,14,18-19H,9-13H2,1H3. The van der Waals surface area contributed by atoms with Crippen molar-refractivity contribution in [3.63, 3.8) is 0 Å². The maximum atomic E-state index is 5.93. The number of nitrogens with one attached hydrogen (secondary N) is 1. The Morgan fingerprint density at radius 3 is 2.90 bits per heavy atom. The van der Waals surface area contributed by atoms with E-state index in [2.05, 4.69) is 47.8 Å². The molecule has 21 heavy (non-hydrogen) atoms. The summed E-state index contributed by atoms with van der Waals surface area (Å²) >= 11 is 0. The zero-order valence-electron chi connectivity index (χ0n) is 12.5. The Morgan fingerprint density at radius 1 is 1.24 bits per heavy atom.